The summed E-state index contributed by atoms with van der Waals surface area (Å²) < 4.78 is 11.4. The lowest BCUT2D eigenvalue weighted by Gasteiger charge is -2.59. The SMILES string of the molecule is CC1(C)[C@H](O)CC[C@]2(C)[C@@H]1C=C[C@](C)(O)[C@H]2COc1ccc2ccc(=O)oc2c1. The maximum absolute atomic E-state index is 11.5. The first-order valence-corrected chi connectivity index (χ1v) is 10.3. The Morgan fingerprint density at radius 1 is 1.17 bits per heavy atom. The fourth-order valence-electron chi connectivity index (χ4n) is 5.64. The summed E-state index contributed by atoms with van der Waals surface area (Å²) in [5.74, 6) is 0.602. The first-order chi connectivity index (χ1) is 13.5. The lowest BCUT2D eigenvalue weighted by atomic mass is 9.47. The van der Waals surface area contributed by atoms with E-state index in [0.29, 0.717) is 24.4 Å². The Kier molecular flexibility index (Phi) is 4.67. The highest BCUT2D eigenvalue weighted by atomic mass is 16.5. The summed E-state index contributed by atoms with van der Waals surface area (Å²) in [5, 5.41) is 22.6. The first-order valence-electron chi connectivity index (χ1n) is 10.3. The van der Waals surface area contributed by atoms with Crippen LogP contribution in [0.3, 0.4) is 0 Å². The van der Waals surface area contributed by atoms with E-state index in [1.807, 2.05) is 25.1 Å². The fraction of sp³-hybridized carbons (Fsp3) is 0.542. The van der Waals surface area contributed by atoms with E-state index in [1.165, 1.54) is 6.07 Å². The van der Waals surface area contributed by atoms with E-state index in [9.17, 15) is 15.0 Å². The molecular formula is C24H30O5. The van der Waals surface area contributed by atoms with Crippen LogP contribution in [0.1, 0.15) is 40.5 Å². The molecule has 156 valence electrons. The van der Waals surface area contributed by atoms with Crippen molar-refractivity contribution in [2.75, 3.05) is 6.61 Å². The fourth-order valence-corrected chi connectivity index (χ4v) is 5.64. The largest absolute Gasteiger partial charge is 0.493 e. The Balaban J connectivity index is 1.63. The Labute approximate surface area is 171 Å². The minimum atomic E-state index is -1.01. The van der Waals surface area contributed by atoms with Crippen molar-refractivity contribution >= 4 is 11.0 Å². The first kappa shape index (κ1) is 20.2. The Morgan fingerprint density at radius 2 is 1.90 bits per heavy atom. The number of hydrogen-bond acceptors (Lipinski definition) is 5. The van der Waals surface area contributed by atoms with Gasteiger partial charge in [-0.3, -0.25) is 0 Å². The molecule has 1 aromatic heterocycles. The number of fused-ring (bicyclic) bond motifs is 2. The molecule has 29 heavy (non-hydrogen) atoms. The average Bonchev–Trinajstić information content (AvgIpc) is 2.64. The van der Waals surface area contributed by atoms with Crippen LogP contribution >= 0.6 is 0 Å². The van der Waals surface area contributed by atoms with Gasteiger partial charge >= 0.3 is 5.63 Å². The molecule has 0 unspecified atom stereocenters. The molecule has 1 fully saturated rings. The smallest absolute Gasteiger partial charge is 0.336 e. The number of hydrogen-bond donors (Lipinski definition) is 2. The van der Waals surface area contributed by atoms with Gasteiger partial charge in [-0.1, -0.05) is 32.9 Å². The number of rotatable bonds is 3. The van der Waals surface area contributed by atoms with Gasteiger partial charge in [0.15, 0.2) is 0 Å². The predicted molar refractivity (Wildman–Crippen MR) is 112 cm³/mol. The normalized spacial score (nSPS) is 36.0. The summed E-state index contributed by atoms with van der Waals surface area (Å²) in [4.78, 5) is 11.5. The van der Waals surface area contributed by atoms with Crippen LogP contribution in [-0.2, 0) is 0 Å². The third kappa shape index (κ3) is 3.30. The molecule has 5 heteroatoms. The standard InChI is InChI=1S/C24H30O5/c1-22(2)18-9-12-24(4,27)19(23(18,3)11-10-20(22)25)14-28-16-7-5-15-6-8-21(26)29-17(15)13-16/h5-9,12-13,18-20,25,27H,10-11,14H2,1-4H3/t18-,19+,20-,23-,24+/m1/s1. The van der Waals surface area contributed by atoms with Gasteiger partial charge in [0.25, 0.3) is 0 Å². The zero-order valence-electron chi connectivity index (χ0n) is 17.5. The molecular weight excluding hydrogens is 368 g/mol. The maximum atomic E-state index is 11.5. The summed E-state index contributed by atoms with van der Waals surface area (Å²) in [6.07, 6.45) is 5.12. The van der Waals surface area contributed by atoms with Crippen molar-refractivity contribution in [3.63, 3.8) is 0 Å². The monoisotopic (exact) mass is 398 g/mol. The van der Waals surface area contributed by atoms with Crippen LogP contribution in [0.4, 0.5) is 0 Å². The van der Waals surface area contributed by atoms with Gasteiger partial charge in [-0.2, -0.15) is 0 Å². The van der Waals surface area contributed by atoms with E-state index < -0.39 is 11.2 Å². The van der Waals surface area contributed by atoms with E-state index in [2.05, 4.69) is 26.8 Å². The summed E-state index contributed by atoms with van der Waals surface area (Å²) in [7, 11) is 0. The molecule has 0 bridgehead atoms. The topological polar surface area (TPSA) is 79.9 Å². The van der Waals surface area contributed by atoms with Gasteiger partial charge in [0.2, 0.25) is 0 Å². The lowest BCUT2D eigenvalue weighted by Crippen LogP contribution is -2.59. The van der Waals surface area contributed by atoms with Crippen LogP contribution in [0.25, 0.3) is 11.0 Å². The highest BCUT2D eigenvalue weighted by molar-refractivity contribution is 5.77. The van der Waals surface area contributed by atoms with Gasteiger partial charge in [-0.15, -0.1) is 0 Å². The molecule has 2 aliphatic rings. The summed E-state index contributed by atoms with van der Waals surface area (Å²) >= 11 is 0. The summed E-state index contributed by atoms with van der Waals surface area (Å²) in [6, 6.07) is 8.55. The van der Waals surface area contributed by atoms with Gasteiger partial charge in [0.1, 0.15) is 11.3 Å². The van der Waals surface area contributed by atoms with Gasteiger partial charge in [-0.25, -0.2) is 4.79 Å². The molecule has 0 radical (unpaired) electrons. The Bertz CT molecular complexity index is 1000. The molecule has 2 aliphatic carbocycles. The van der Waals surface area contributed by atoms with E-state index in [1.54, 1.807) is 12.1 Å². The third-order valence-electron chi connectivity index (χ3n) is 7.47. The molecule has 4 rings (SSSR count). The van der Waals surface area contributed by atoms with Gasteiger partial charge in [0, 0.05) is 23.4 Å². The molecule has 0 saturated heterocycles. The molecule has 2 aromatic rings. The maximum Gasteiger partial charge on any atom is 0.336 e. The predicted octanol–water partition coefficient (Wildman–Crippen LogP) is 3.91. The summed E-state index contributed by atoms with van der Waals surface area (Å²) in [5.41, 5.74) is -1.40. The van der Waals surface area contributed by atoms with Crippen LogP contribution < -0.4 is 10.4 Å². The Morgan fingerprint density at radius 3 is 2.66 bits per heavy atom. The van der Waals surface area contributed by atoms with E-state index >= 15 is 0 Å². The zero-order valence-corrected chi connectivity index (χ0v) is 17.5. The van der Waals surface area contributed by atoms with Gasteiger partial charge in [0.05, 0.1) is 18.3 Å². The molecule has 5 nitrogen and oxygen atoms in total. The zero-order chi connectivity index (χ0) is 21.0. The van der Waals surface area contributed by atoms with Crippen LogP contribution in [0.15, 0.2) is 51.7 Å². The van der Waals surface area contributed by atoms with E-state index in [0.717, 1.165) is 11.8 Å². The number of aliphatic hydroxyl groups excluding tert-OH is 1. The van der Waals surface area contributed by atoms with Crippen molar-refractivity contribution in [1.82, 2.24) is 0 Å². The number of ether oxygens (including phenoxy) is 1. The molecule has 5 atom stereocenters. The lowest BCUT2D eigenvalue weighted by molar-refractivity contribution is -0.149. The van der Waals surface area contributed by atoms with Crippen LogP contribution in [0, 0.1) is 22.7 Å². The van der Waals surface area contributed by atoms with Crippen molar-refractivity contribution in [2.24, 2.45) is 22.7 Å². The van der Waals surface area contributed by atoms with Crippen molar-refractivity contribution in [3.05, 3.63) is 52.9 Å². The van der Waals surface area contributed by atoms with Crippen LogP contribution in [0.5, 0.6) is 5.75 Å². The van der Waals surface area contributed by atoms with Gasteiger partial charge in [-0.05, 0) is 54.7 Å². The minimum absolute atomic E-state index is 0.141. The van der Waals surface area contributed by atoms with Crippen molar-refractivity contribution in [1.29, 1.82) is 0 Å². The van der Waals surface area contributed by atoms with Crippen molar-refractivity contribution in [2.45, 2.75) is 52.2 Å². The Hall–Kier alpha value is -2.11. The molecule has 1 saturated carbocycles. The quantitative estimate of drug-likeness (QED) is 0.605. The van der Waals surface area contributed by atoms with Crippen LogP contribution in [-0.4, -0.2) is 28.5 Å². The molecule has 1 heterocycles. The van der Waals surface area contributed by atoms with Crippen molar-refractivity contribution < 1.29 is 19.4 Å². The van der Waals surface area contributed by atoms with E-state index in [-0.39, 0.29) is 28.8 Å². The number of benzene rings is 1. The summed E-state index contributed by atoms with van der Waals surface area (Å²) in [6.45, 7) is 8.58. The second kappa shape index (κ2) is 6.71. The van der Waals surface area contributed by atoms with E-state index in [4.69, 9.17) is 9.15 Å². The average molecular weight is 398 g/mol. The highest BCUT2D eigenvalue weighted by Crippen LogP contribution is 2.59. The third-order valence-corrected chi connectivity index (χ3v) is 7.47. The minimum Gasteiger partial charge on any atom is -0.493 e. The molecule has 0 spiro atoms. The number of aliphatic hydroxyl groups is 2. The second-order valence-electron chi connectivity index (χ2n) is 9.76. The molecule has 2 N–H and O–H groups in total. The molecule has 1 aromatic carbocycles. The van der Waals surface area contributed by atoms with Crippen LogP contribution in [0.2, 0.25) is 0 Å². The molecule has 0 amide bonds. The second-order valence-corrected chi connectivity index (χ2v) is 9.76. The van der Waals surface area contributed by atoms with Gasteiger partial charge < -0.3 is 19.4 Å². The molecule has 0 aliphatic heterocycles. The number of allylic oxidation sites excluding steroid dienone is 1. The highest BCUT2D eigenvalue weighted by Gasteiger charge is 2.58. The van der Waals surface area contributed by atoms with Crippen molar-refractivity contribution in [3.8, 4) is 5.75 Å².